The van der Waals surface area contributed by atoms with Gasteiger partial charge in [-0.25, -0.2) is 13.6 Å². The molecule has 0 aromatic heterocycles. The lowest BCUT2D eigenvalue weighted by Gasteiger charge is -2.39. The van der Waals surface area contributed by atoms with E-state index in [4.69, 9.17) is 0 Å². The summed E-state index contributed by atoms with van der Waals surface area (Å²) in [7, 11) is 0. The molecule has 0 radical (unpaired) electrons. The van der Waals surface area contributed by atoms with E-state index in [1.54, 1.807) is 12.1 Å². The highest BCUT2D eigenvalue weighted by atomic mass is 19.1. The largest absolute Gasteiger partial charge is 0.382 e. The molecule has 2 aliphatic rings. The molecule has 2 aromatic rings. The minimum Gasteiger partial charge on any atom is -0.382 e. The standard InChI is InChI=1S/C23H28F2N4O/c24-17-3-1-5-21(15-17)26-19-7-11-28(12-8-19)23(30)29-13-9-20(10-14-29)27-22-6-2-4-18(25)16-22/h1-6,15-16,19-20,26-27H,7-14H2. The van der Waals surface area contributed by atoms with Crippen molar-refractivity contribution in [1.82, 2.24) is 9.80 Å². The van der Waals surface area contributed by atoms with Gasteiger partial charge in [-0.05, 0) is 62.1 Å². The summed E-state index contributed by atoms with van der Waals surface area (Å²) in [6.45, 7) is 2.81. The summed E-state index contributed by atoms with van der Waals surface area (Å²) in [6.07, 6.45) is 3.39. The molecule has 0 atom stereocenters. The molecule has 30 heavy (non-hydrogen) atoms. The molecule has 4 rings (SSSR count). The highest BCUT2D eigenvalue weighted by Gasteiger charge is 2.29. The number of hydrogen-bond donors (Lipinski definition) is 2. The molecule has 2 heterocycles. The van der Waals surface area contributed by atoms with Crippen LogP contribution in [0.25, 0.3) is 0 Å². The van der Waals surface area contributed by atoms with Crippen molar-refractivity contribution < 1.29 is 13.6 Å². The van der Waals surface area contributed by atoms with Crippen LogP contribution in [0.1, 0.15) is 25.7 Å². The van der Waals surface area contributed by atoms with Gasteiger partial charge in [-0.15, -0.1) is 0 Å². The molecule has 2 N–H and O–H groups in total. The summed E-state index contributed by atoms with van der Waals surface area (Å²) >= 11 is 0. The Bertz CT molecular complexity index is 792. The summed E-state index contributed by atoms with van der Waals surface area (Å²) in [4.78, 5) is 16.7. The SMILES string of the molecule is O=C(N1CCC(Nc2cccc(F)c2)CC1)N1CCC(Nc2cccc(F)c2)CC1. The van der Waals surface area contributed by atoms with Crippen LogP contribution < -0.4 is 10.6 Å². The lowest BCUT2D eigenvalue weighted by atomic mass is 10.0. The number of urea groups is 1. The van der Waals surface area contributed by atoms with Gasteiger partial charge in [-0.1, -0.05) is 12.1 Å². The minimum atomic E-state index is -0.247. The second-order valence-electron chi connectivity index (χ2n) is 8.11. The van der Waals surface area contributed by atoms with Gasteiger partial charge in [0, 0.05) is 49.6 Å². The van der Waals surface area contributed by atoms with Crippen molar-refractivity contribution in [2.75, 3.05) is 36.8 Å². The molecular weight excluding hydrogens is 386 g/mol. The van der Waals surface area contributed by atoms with Gasteiger partial charge in [-0.3, -0.25) is 0 Å². The predicted octanol–water partition coefficient (Wildman–Crippen LogP) is 4.54. The molecule has 0 bridgehead atoms. The first-order valence-electron chi connectivity index (χ1n) is 10.6. The third-order valence-electron chi connectivity index (χ3n) is 5.92. The van der Waals surface area contributed by atoms with Crippen LogP contribution >= 0.6 is 0 Å². The highest BCUT2D eigenvalue weighted by molar-refractivity contribution is 5.74. The number of anilines is 2. The third kappa shape index (κ3) is 5.20. The van der Waals surface area contributed by atoms with Crippen LogP contribution in [0.15, 0.2) is 48.5 Å². The number of nitrogens with one attached hydrogen (secondary N) is 2. The summed E-state index contributed by atoms with van der Waals surface area (Å²) in [5.41, 5.74) is 1.57. The molecule has 2 aromatic carbocycles. The summed E-state index contributed by atoms with van der Waals surface area (Å²) in [6, 6.07) is 13.6. The number of carbonyl (C=O) groups is 1. The monoisotopic (exact) mass is 414 g/mol. The third-order valence-corrected chi connectivity index (χ3v) is 5.92. The first-order chi connectivity index (χ1) is 14.6. The second kappa shape index (κ2) is 9.32. The molecule has 2 amide bonds. The molecule has 0 aliphatic carbocycles. The van der Waals surface area contributed by atoms with Crippen LogP contribution in [0, 0.1) is 11.6 Å². The first-order valence-corrected chi connectivity index (χ1v) is 10.6. The van der Waals surface area contributed by atoms with Crippen molar-refractivity contribution in [2.45, 2.75) is 37.8 Å². The van der Waals surface area contributed by atoms with Gasteiger partial charge in [0.15, 0.2) is 0 Å². The van der Waals surface area contributed by atoms with Gasteiger partial charge < -0.3 is 20.4 Å². The topological polar surface area (TPSA) is 47.6 Å². The Morgan fingerprint density at radius 2 is 1.13 bits per heavy atom. The van der Waals surface area contributed by atoms with Crippen molar-refractivity contribution in [3.63, 3.8) is 0 Å². The lowest BCUT2D eigenvalue weighted by molar-refractivity contribution is 0.131. The van der Waals surface area contributed by atoms with Crippen LogP contribution in [-0.4, -0.2) is 54.1 Å². The average molecular weight is 415 g/mol. The number of nitrogens with zero attached hydrogens (tertiary/aromatic N) is 2. The van der Waals surface area contributed by atoms with E-state index < -0.39 is 0 Å². The van der Waals surface area contributed by atoms with Gasteiger partial charge in [0.05, 0.1) is 0 Å². The smallest absolute Gasteiger partial charge is 0.320 e. The second-order valence-corrected chi connectivity index (χ2v) is 8.11. The van der Waals surface area contributed by atoms with Crippen molar-refractivity contribution in [3.05, 3.63) is 60.2 Å². The van der Waals surface area contributed by atoms with E-state index in [2.05, 4.69) is 10.6 Å². The highest BCUT2D eigenvalue weighted by Crippen LogP contribution is 2.21. The van der Waals surface area contributed by atoms with Crippen LogP contribution in [0.4, 0.5) is 25.0 Å². The van der Waals surface area contributed by atoms with E-state index in [1.807, 2.05) is 21.9 Å². The summed E-state index contributed by atoms with van der Waals surface area (Å²) < 4.78 is 26.7. The van der Waals surface area contributed by atoms with Crippen LogP contribution in [0.2, 0.25) is 0 Å². The van der Waals surface area contributed by atoms with Crippen LogP contribution in [-0.2, 0) is 0 Å². The van der Waals surface area contributed by atoms with Gasteiger partial charge in [0.2, 0.25) is 0 Å². The number of amides is 2. The normalized spacial score (nSPS) is 18.3. The number of benzene rings is 2. The maximum atomic E-state index is 13.3. The fraction of sp³-hybridized carbons (Fsp3) is 0.435. The molecule has 160 valence electrons. The number of piperidine rings is 2. The van der Waals surface area contributed by atoms with E-state index in [0.717, 1.165) is 37.1 Å². The summed E-state index contributed by atoms with van der Waals surface area (Å²) in [5, 5.41) is 6.73. The molecule has 2 fully saturated rings. The Labute approximate surface area is 176 Å². The Kier molecular flexibility index (Phi) is 6.35. The van der Waals surface area contributed by atoms with Crippen LogP contribution in [0.5, 0.6) is 0 Å². The van der Waals surface area contributed by atoms with Gasteiger partial charge >= 0.3 is 6.03 Å². The van der Waals surface area contributed by atoms with Gasteiger partial charge in [-0.2, -0.15) is 0 Å². The van der Waals surface area contributed by atoms with Gasteiger partial charge in [0.25, 0.3) is 0 Å². The maximum absolute atomic E-state index is 13.3. The quantitative estimate of drug-likeness (QED) is 0.772. The zero-order valence-electron chi connectivity index (χ0n) is 17.0. The fourth-order valence-corrected chi connectivity index (χ4v) is 4.26. The number of hydrogen-bond acceptors (Lipinski definition) is 3. The van der Waals surface area contributed by atoms with E-state index >= 15 is 0 Å². The van der Waals surface area contributed by atoms with Crippen molar-refractivity contribution in [3.8, 4) is 0 Å². The van der Waals surface area contributed by atoms with Gasteiger partial charge in [0.1, 0.15) is 11.6 Å². The molecule has 0 unspecified atom stereocenters. The fourth-order valence-electron chi connectivity index (χ4n) is 4.26. The minimum absolute atomic E-state index is 0.100. The molecule has 0 spiro atoms. The number of halogens is 2. The first kappa shape index (κ1) is 20.4. The van der Waals surface area contributed by atoms with Crippen LogP contribution in [0.3, 0.4) is 0 Å². The Morgan fingerprint density at radius 1 is 0.733 bits per heavy atom. The maximum Gasteiger partial charge on any atom is 0.320 e. The lowest BCUT2D eigenvalue weighted by Crippen LogP contribution is -2.51. The zero-order valence-corrected chi connectivity index (χ0v) is 17.0. The van der Waals surface area contributed by atoms with E-state index in [9.17, 15) is 13.6 Å². The van der Waals surface area contributed by atoms with E-state index in [-0.39, 0.29) is 29.7 Å². The summed E-state index contributed by atoms with van der Waals surface area (Å²) in [5.74, 6) is -0.495. The molecule has 7 heteroatoms. The van der Waals surface area contributed by atoms with Crippen molar-refractivity contribution in [2.24, 2.45) is 0 Å². The zero-order chi connectivity index (χ0) is 20.9. The Balaban J connectivity index is 1.21. The molecule has 5 nitrogen and oxygen atoms in total. The Morgan fingerprint density at radius 3 is 1.50 bits per heavy atom. The van der Waals surface area contributed by atoms with E-state index in [0.29, 0.717) is 26.2 Å². The average Bonchev–Trinajstić information content (AvgIpc) is 2.74. The van der Waals surface area contributed by atoms with Crippen molar-refractivity contribution >= 4 is 17.4 Å². The number of rotatable bonds is 4. The number of carbonyl (C=O) groups excluding carboxylic acids is 1. The predicted molar refractivity (Wildman–Crippen MR) is 115 cm³/mol. The Hall–Kier alpha value is -2.83. The van der Waals surface area contributed by atoms with Crippen molar-refractivity contribution in [1.29, 1.82) is 0 Å². The molecular formula is C23H28F2N4O. The molecule has 2 saturated heterocycles. The van der Waals surface area contributed by atoms with E-state index in [1.165, 1.54) is 24.3 Å². The number of likely N-dealkylation sites (tertiary alicyclic amines) is 2. The molecule has 0 saturated carbocycles. The molecule has 2 aliphatic heterocycles.